The molecule has 1 aliphatic rings. The van der Waals surface area contributed by atoms with Crippen LogP contribution in [-0.2, 0) is 0 Å². The third-order valence-electron chi connectivity index (χ3n) is 4.67. The Hall–Kier alpha value is -2.52. The summed E-state index contributed by atoms with van der Waals surface area (Å²) < 4.78 is 0. The summed E-state index contributed by atoms with van der Waals surface area (Å²) in [5.74, 6) is 0.742. The van der Waals surface area contributed by atoms with Gasteiger partial charge >= 0.3 is 0 Å². The normalized spacial score (nSPS) is 12.8. The van der Waals surface area contributed by atoms with Crippen LogP contribution in [0.1, 0.15) is 52.0 Å². The van der Waals surface area contributed by atoms with Crippen molar-refractivity contribution in [2.75, 3.05) is 0 Å². The fourth-order valence-electron chi connectivity index (χ4n) is 3.48. The Balaban J connectivity index is 0.000000428. The molecule has 0 heteroatoms. The van der Waals surface area contributed by atoms with Gasteiger partial charge in [-0.1, -0.05) is 76.2 Å². The summed E-state index contributed by atoms with van der Waals surface area (Å²) in [5.41, 5.74) is 1.50. The zero-order chi connectivity index (χ0) is 17.8. The second-order valence-corrected chi connectivity index (χ2v) is 6.01. The number of rotatable bonds is 1. The van der Waals surface area contributed by atoms with Crippen LogP contribution in [0.2, 0.25) is 0 Å². The highest BCUT2D eigenvalue weighted by Gasteiger charge is 2.26. The number of fused-ring (bicyclic) bond motifs is 5. The van der Waals surface area contributed by atoms with Crippen molar-refractivity contribution in [2.24, 2.45) is 0 Å². The van der Waals surface area contributed by atoms with Crippen LogP contribution in [0, 0.1) is 12.1 Å². The lowest BCUT2D eigenvalue weighted by atomic mass is 9.93. The molecule has 4 aromatic carbocycles. The van der Waals surface area contributed by atoms with Crippen LogP contribution in [0.15, 0.2) is 54.6 Å². The summed E-state index contributed by atoms with van der Waals surface area (Å²) in [6.45, 7) is 8.00. The highest BCUT2D eigenvalue weighted by molar-refractivity contribution is 6.17. The minimum atomic E-state index is 0.742. The second-order valence-electron chi connectivity index (χ2n) is 6.01. The first-order valence-corrected chi connectivity index (χ1v) is 9.58. The zero-order valence-corrected chi connectivity index (χ0v) is 15.7. The maximum absolute atomic E-state index is 3.36. The molecule has 5 rings (SSSR count). The van der Waals surface area contributed by atoms with E-state index >= 15 is 0 Å². The number of hydrogen-bond acceptors (Lipinski definition) is 0. The predicted octanol–water partition coefficient (Wildman–Crippen LogP) is 7.68. The van der Waals surface area contributed by atoms with Crippen LogP contribution < -0.4 is 0 Å². The molecule has 0 aromatic heterocycles. The minimum Gasteiger partial charge on any atom is -0.0695 e. The average Bonchev–Trinajstić information content (AvgIpc) is 3.55. The van der Waals surface area contributed by atoms with E-state index in [-0.39, 0.29) is 0 Å². The molecule has 1 aliphatic carbocycles. The van der Waals surface area contributed by atoms with Crippen molar-refractivity contribution in [2.45, 2.75) is 46.5 Å². The van der Waals surface area contributed by atoms with E-state index in [2.05, 4.69) is 60.7 Å². The molecule has 0 unspecified atom stereocenters. The van der Waals surface area contributed by atoms with Gasteiger partial charge in [-0.05, 0) is 69.5 Å². The Bertz CT molecular complexity index is 991. The molecule has 4 aromatic rings. The molecule has 0 radical (unpaired) electrons. The van der Waals surface area contributed by atoms with Gasteiger partial charge in [-0.3, -0.25) is 0 Å². The molecule has 0 atom stereocenters. The first-order chi connectivity index (χ1) is 12.4. The first-order valence-electron chi connectivity index (χ1n) is 9.58. The summed E-state index contributed by atoms with van der Waals surface area (Å²) in [5, 5.41) is 7.90. The maximum atomic E-state index is 3.36. The minimum absolute atomic E-state index is 0.742. The predicted molar refractivity (Wildman–Crippen MR) is 111 cm³/mol. The van der Waals surface area contributed by atoms with E-state index in [4.69, 9.17) is 0 Å². The van der Waals surface area contributed by atoms with E-state index in [0.29, 0.717) is 0 Å². The van der Waals surface area contributed by atoms with Crippen LogP contribution in [0.5, 0.6) is 0 Å². The summed E-state index contributed by atoms with van der Waals surface area (Å²) in [6, 6.07) is 26.2. The highest BCUT2D eigenvalue weighted by atomic mass is 14.3. The lowest BCUT2D eigenvalue weighted by Gasteiger charge is -2.10. The fourth-order valence-corrected chi connectivity index (χ4v) is 3.48. The third kappa shape index (κ3) is 3.08. The topological polar surface area (TPSA) is 0 Å². The van der Waals surface area contributed by atoms with Crippen LogP contribution in [0.3, 0.4) is 0 Å². The monoisotopic (exact) mass is 326 g/mol. The lowest BCUT2D eigenvalue weighted by Crippen LogP contribution is -1.86. The van der Waals surface area contributed by atoms with E-state index in [1.165, 1.54) is 50.7 Å². The molecule has 0 aliphatic heterocycles. The molecule has 0 spiro atoms. The molecule has 0 saturated heterocycles. The van der Waals surface area contributed by atoms with Gasteiger partial charge in [-0.15, -0.1) is 0 Å². The number of hydrogen-bond donors (Lipinski definition) is 0. The van der Waals surface area contributed by atoms with Crippen molar-refractivity contribution in [3.63, 3.8) is 0 Å². The molecule has 25 heavy (non-hydrogen) atoms. The summed E-state index contributed by atoms with van der Waals surface area (Å²) in [6.07, 6.45) is 2.65. The van der Waals surface area contributed by atoms with Crippen LogP contribution in [0.4, 0.5) is 0 Å². The Labute approximate surface area is 151 Å². The van der Waals surface area contributed by atoms with Crippen molar-refractivity contribution in [1.29, 1.82) is 0 Å². The zero-order valence-electron chi connectivity index (χ0n) is 15.7. The number of benzene rings is 3. The van der Waals surface area contributed by atoms with Gasteiger partial charge in [-0.25, -0.2) is 0 Å². The summed E-state index contributed by atoms with van der Waals surface area (Å²) in [7, 11) is 0. The van der Waals surface area contributed by atoms with E-state index < -0.39 is 0 Å². The van der Waals surface area contributed by atoms with Gasteiger partial charge in [0.1, 0.15) is 0 Å². The standard InChI is InChI=1S/C21H14.2C2H6/c1-2-6-16-14(5-1)11-12-19-17-7-3-4-8-18(17)20(13-21(16)19)15-9-10-15;2*1-2/h1-2,4-6,8,11-13,15H,9-10H2;2*1-2H3. The van der Waals surface area contributed by atoms with Crippen molar-refractivity contribution in [1.82, 2.24) is 0 Å². The lowest BCUT2D eigenvalue weighted by molar-refractivity contribution is 1.16. The van der Waals surface area contributed by atoms with Crippen LogP contribution in [-0.4, -0.2) is 0 Å². The van der Waals surface area contributed by atoms with E-state index in [0.717, 1.165) is 5.92 Å². The van der Waals surface area contributed by atoms with Gasteiger partial charge in [-0.2, -0.15) is 0 Å². The van der Waals surface area contributed by atoms with Crippen molar-refractivity contribution in [3.8, 4) is 0 Å². The molecule has 126 valence electrons. The molecule has 0 bridgehead atoms. The molecule has 0 nitrogen and oxygen atoms in total. The smallest absolute Gasteiger partial charge is 0.0403 e. The third-order valence-corrected chi connectivity index (χ3v) is 4.67. The SMILES string of the molecule is CC.CC.c1ccc2c(C3CC3)cc3c4ccccc4ccc3c2c#1. The van der Waals surface area contributed by atoms with Gasteiger partial charge < -0.3 is 0 Å². The van der Waals surface area contributed by atoms with Crippen LogP contribution >= 0.6 is 0 Å². The quantitative estimate of drug-likeness (QED) is 0.315. The molecule has 0 heterocycles. The molecular formula is C25H26. The van der Waals surface area contributed by atoms with Gasteiger partial charge in [0, 0.05) is 5.39 Å². The molecule has 0 amide bonds. The average molecular weight is 326 g/mol. The van der Waals surface area contributed by atoms with E-state index in [1.54, 1.807) is 0 Å². The Morgan fingerprint density at radius 1 is 0.760 bits per heavy atom. The second kappa shape index (κ2) is 7.58. The molecular weight excluding hydrogens is 300 g/mol. The van der Waals surface area contributed by atoms with Crippen molar-refractivity contribution < 1.29 is 0 Å². The van der Waals surface area contributed by atoms with Crippen molar-refractivity contribution in [3.05, 3.63) is 72.3 Å². The Morgan fingerprint density at radius 2 is 1.52 bits per heavy atom. The largest absolute Gasteiger partial charge is 0.0695 e. The molecule has 1 fully saturated rings. The van der Waals surface area contributed by atoms with Gasteiger partial charge in [0.2, 0.25) is 0 Å². The first kappa shape index (κ1) is 17.3. The van der Waals surface area contributed by atoms with E-state index in [1.807, 2.05) is 33.8 Å². The maximum Gasteiger partial charge on any atom is 0.0403 e. The summed E-state index contributed by atoms with van der Waals surface area (Å²) >= 11 is 0. The fraction of sp³-hybridized carbons (Fsp3) is 0.280. The van der Waals surface area contributed by atoms with Gasteiger partial charge in [0.15, 0.2) is 0 Å². The van der Waals surface area contributed by atoms with Crippen LogP contribution in [0.25, 0.3) is 32.3 Å². The van der Waals surface area contributed by atoms with Gasteiger partial charge in [0.05, 0.1) is 0 Å². The Kier molecular flexibility index (Phi) is 5.25. The summed E-state index contributed by atoms with van der Waals surface area (Å²) in [4.78, 5) is 0. The highest BCUT2D eigenvalue weighted by Crippen LogP contribution is 2.45. The van der Waals surface area contributed by atoms with E-state index in [9.17, 15) is 0 Å². The molecule has 0 N–H and O–H groups in total. The molecule has 1 saturated carbocycles. The Morgan fingerprint density at radius 3 is 2.28 bits per heavy atom. The van der Waals surface area contributed by atoms with Crippen molar-refractivity contribution >= 4 is 32.3 Å². The van der Waals surface area contributed by atoms with Gasteiger partial charge in [0.25, 0.3) is 0 Å².